The minimum Gasteiger partial charge on any atom is -0.484 e. The maximum absolute atomic E-state index is 12.5. The summed E-state index contributed by atoms with van der Waals surface area (Å²) >= 11 is 0. The van der Waals surface area contributed by atoms with Crippen LogP contribution in [0.3, 0.4) is 0 Å². The van der Waals surface area contributed by atoms with E-state index in [2.05, 4.69) is 9.97 Å². The molecule has 3 aromatic rings. The van der Waals surface area contributed by atoms with Crippen molar-refractivity contribution in [3.63, 3.8) is 0 Å². The molecule has 2 aromatic heterocycles. The van der Waals surface area contributed by atoms with E-state index in [4.69, 9.17) is 15.6 Å². The molecule has 1 aliphatic heterocycles. The molecule has 8 heteroatoms. The Morgan fingerprint density at radius 1 is 1.22 bits per heavy atom. The molecule has 0 bridgehead atoms. The molecule has 0 aliphatic carbocycles. The number of aromatic nitrogens is 4. The van der Waals surface area contributed by atoms with Gasteiger partial charge in [0.15, 0.2) is 12.3 Å². The van der Waals surface area contributed by atoms with E-state index >= 15 is 0 Å². The highest BCUT2D eigenvalue weighted by Gasteiger charge is 2.31. The predicted molar refractivity (Wildman–Crippen MR) is 100 cm³/mol. The van der Waals surface area contributed by atoms with E-state index in [9.17, 15) is 4.79 Å². The van der Waals surface area contributed by atoms with Gasteiger partial charge in [-0.3, -0.25) is 4.79 Å². The van der Waals surface area contributed by atoms with E-state index in [1.165, 1.54) is 0 Å². The van der Waals surface area contributed by atoms with Gasteiger partial charge in [0.05, 0.1) is 12.2 Å². The third-order valence-corrected chi connectivity index (χ3v) is 4.77. The number of carbonyl (C=O) groups excluding carboxylic acids is 1. The number of nitrogens with zero attached hydrogens (tertiary/aromatic N) is 5. The fourth-order valence-corrected chi connectivity index (χ4v) is 3.44. The van der Waals surface area contributed by atoms with Gasteiger partial charge in [0.2, 0.25) is 0 Å². The highest BCUT2D eigenvalue weighted by molar-refractivity contribution is 5.79. The summed E-state index contributed by atoms with van der Waals surface area (Å²) < 4.78 is 7.39. The van der Waals surface area contributed by atoms with Crippen LogP contribution in [0.2, 0.25) is 0 Å². The molecule has 1 unspecified atom stereocenters. The van der Waals surface area contributed by atoms with Gasteiger partial charge in [-0.2, -0.15) is 5.10 Å². The first-order chi connectivity index (χ1) is 13.3. The summed E-state index contributed by atoms with van der Waals surface area (Å²) in [4.78, 5) is 23.2. The van der Waals surface area contributed by atoms with Gasteiger partial charge in [0.1, 0.15) is 11.3 Å². The van der Waals surface area contributed by atoms with Crippen LogP contribution in [0.5, 0.6) is 5.75 Å². The second kappa shape index (κ2) is 7.71. The fraction of sp³-hybridized carbons (Fsp3) is 0.368. The van der Waals surface area contributed by atoms with Crippen LogP contribution in [0.4, 0.5) is 0 Å². The van der Waals surface area contributed by atoms with Crippen molar-refractivity contribution >= 4 is 17.1 Å². The molecular weight excluding hydrogens is 344 g/mol. The van der Waals surface area contributed by atoms with Crippen LogP contribution in [0.1, 0.15) is 18.0 Å². The highest BCUT2D eigenvalue weighted by Crippen LogP contribution is 2.30. The fourth-order valence-electron chi connectivity index (χ4n) is 3.44. The summed E-state index contributed by atoms with van der Waals surface area (Å²) in [6, 6.07) is 9.37. The quantitative estimate of drug-likeness (QED) is 0.703. The van der Waals surface area contributed by atoms with Crippen molar-refractivity contribution in [2.24, 2.45) is 5.73 Å². The van der Waals surface area contributed by atoms with Crippen LogP contribution in [0.25, 0.3) is 11.2 Å². The number of benzene rings is 1. The Morgan fingerprint density at radius 3 is 2.85 bits per heavy atom. The molecule has 1 aliphatic rings. The molecular formula is C19H22N6O2. The second-order valence-corrected chi connectivity index (χ2v) is 6.55. The Balaban J connectivity index is 1.45. The first-order valence-electron chi connectivity index (χ1n) is 9.09. The van der Waals surface area contributed by atoms with Gasteiger partial charge >= 0.3 is 0 Å². The van der Waals surface area contributed by atoms with Crippen molar-refractivity contribution in [1.82, 2.24) is 24.6 Å². The number of fused-ring (bicyclic) bond motifs is 1. The van der Waals surface area contributed by atoms with Gasteiger partial charge in [0.25, 0.3) is 5.91 Å². The van der Waals surface area contributed by atoms with Gasteiger partial charge in [0, 0.05) is 37.9 Å². The molecule has 2 N–H and O–H groups in total. The van der Waals surface area contributed by atoms with Gasteiger partial charge < -0.3 is 15.4 Å². The van der Waals surface area contributed by atoms with E-state index in [1.54, 1.807) is 17.1 Å². The van der Waals surface area contributed by atoms with Crippen LogP contribution in [0, 0.1) is 0 Å². The third kappa shape index (κ3) is 3.61. The Morgan fingerprint density at radius 2 is 2.04 bits per heavy atom. The molecule has 27 heavy (non-hydrogen) atoms. The maximum atomic E-state index is 12.5. The molecule has 3 heterocycles. The Hall–Kier alpha value is -3.00. The molecule has 0 saturated carbocycles. The highest BCUT2D eigenvalue weighted by atomic mass is 16.5. The van der Waals surface area contributed by atoms with Crippen molar-refractivity contribution in [2.45, 2.75) is 18.9 Å². The van der Waals surface area contributed by atoms with Crippen molar-refractivity contribution in [1.29, 1.82) is 0 Å². The van der Waals surface area contributed by atoms with Crippen LogP contribution in [-0.4, -0.2) is 56.8 Å². The van der Waals surface area contributed by atoms with E-state index in [-0.39, 0.29) is 18.4 Å². The minimum atomic E-state index is -0.0156. The number of hydrogen-bond donors (Lipinski definition) is 1. The number of likely N-dealkylation sites (tertiary alicyclic amines) is 1. The molecule has 140 valence electrons. The molecule has 8 nitrogen and oxygen atoms in total. The monoisotopic (exact) mass is 366 g/mol. The largest absolute Gasteiger partial charge is 0.484 e. The molecule has 1 aromatic carbocycles. The Kier molecular flexibility index (Phi) is 4.97. The molecule has 0 spiro atoms. The topological polar surface area (TPSA) is 99.2 Å². The first kappa shape index (κ1) is 17.4. The van der Waals surface area contributed by atoms with Crippen molar-refractivity contribution < 1.29 is 9.53 Å². The smallest absolute Gasteiger partial charge is 0.260 e. The number of para-hydroxylation sites is 1. The summed E-state index contributed by atoms with van der Waals surface area (Å²) in [5.41, 5.74) is 8.12. The molecule has 4 rings (SSSR count). The summed E-state index contributed by atoms with van der Waals surface area (Å²) in [6.07, 6.45) is 4.18. The van der Waals surface area contributed by atoms with Crippen molar-refractivity contribution in [3.05, 3.63) is 48.4 Å². The number of ether oxygens (including phenoxy) is 1. The molecule has 1 saturated heterocycles. The Bertz CT molecular complexity index is 926. The normalized spacial score (nSPS) is 16.8. The van der Waals surface area contributed by atoms with Crippen molar-refractivity contribution in [2.75, 3.05) is 26.2 Å². The minimum absolute atomic E-state index is 0.0156. The first-order valence-corrected chi connectivity index (χ1v) is 9.09. The average molecular weight is 366 g/mol. The number of carbonyl (C=O) groups is 1. The van der Waals surface area contributed by atoms with Crippen LogP contribution < -0.4 is 10.5 Å². The summed E-state index contributed by atoms with van der Waals surface area (Å²) in [5, 5.41) is 4.69. The Labute approximate surface area is 157 Å². The SMILES string of the molecule is NCCn1nc(C2CCN(C(=O)COc3ccccc3)C2)c2nccnc21. The standard InChI is InChI=1S/C19H22N6O2/c20-7-11-25-19-18(21-8-9-22-19)17(23-25)14-6-10-24(12-14)16(26)13-27-15-4-2-1-3-5-15/h1-5,8-9,14H,6-7,10-13,20H2. The van der Waals surface area contributed by atoms with Crippen LogP contribution >= 0.6 is 0 Å². The molecule has 1 amide bonds. The second-order valence-electron chi connectivity index (χ2n) is 6.55. The van der Waals surface area contributed by atoms with Gasteiger partial charge in [-0.15, -0.1) is 0 Å². The van der Waals surface area contributed by atoms with E-state index in [1.807, 2.05) is 35.2 Å². The zero-order valence-electron chi connectivity index (χ0n) is 15.0. The summed E-state index contributed by atoms with van der Waals surface area (Å²) in [6.45, 7) is 2.42. The predicted octanol–water partition coefficient (Wildman–Crippen LogP) is 1.18. The maximum Gasteiger partial charge on any atom is 0.260 e. The van der Waals surface area contributed by atoms with Crippen LogP contribution in [0.15, 0.2) is 42.7 Å². The van der Waals surface area contributed by atoms with E-state index in [0.29, 0.717) is 31.9 Å². The van der Waals surface area contributed by atoms with Gasteiger partial charge in [-0.1, -0.05) is 18.2 Å². The molecule has 1 atom stereocenters. The number of nitrogens with two attached hydrogens (primary N) is 1. The lowest BCUT2D eigenvalue weighted by molar-refractivity contribution is -0.132. The lowest BCUT2D eigenvalue weighted by Crippen LogP contribution is -2.32. The average Bonchev–Trinajstić information content (AvgIpc) is 3.33. The number of rotatable bonds is 6. The molecule has 0 radical (unpaired) electrons. The van der Waals surface area contributed by atoms with Crippen molar-refractivity contribution in [3.8, 4) is 5.75 Å². The van der Waals surface area contributed by atoms with Gasteiger partial charge in [-0.05, 0) is 18.6 Å². The number of amides is 1. The molecule has 1 fully saturated rings. The summed E-state index contributed by atoms with van der Waals surface area (Å²) in [5.74, 6) is 0.824. The van der Waals surface area contributed by atoms with Gasteiger partial charge in [-0.25, -0.2) is 14.6 Å². The number of hydrogen-bond acceptors (Lipinski definition) is 6. The van der Waals surface area contributed by atoms with E-state index < -0.39 is 0 Å². The lowest BCUT2D eigenvalue weighted by atomic mass is 10.0. The lowest BCUT2D eigenvalue weighted by Gasteiger charge is -2.16. The zero-order chi connectivity index (χ0) is 18.6. The third-order valence-electron chi connectivity index (χ3n) is 4.77. The zero-order valence-corrected chi connectivity index (χ0v) is 15.0. The van der Waals surface area contributed by atoms with Crippen LogP contribution in [-0.2, 0) is 11.3 Å². The van der Waals surface area contributed by atoms with E-state index in [0.717, 1.165) is 23.3 Å². The summed E-state index contributed by atoms with van der Waals surface area (Å²) in [7, 11) is 0.